The zero-order valence-corrected chi connectivity index (χ0v) is 16.7. The van der Waals surface area contributed by atoms with Crippen LogP contribution in [0.15, 0.2) is 0 Å². The van der Waals surface area contributed by atoms with Crippen molar-refractivity contribution < 1.29 is 34.2 Å². The Labute approximate surface area is 171 Å². The van der Waals surface area contributed by atoms with Crippen LogP contribution in [-0.4, -0.2) is 81.3 Å². The molecule has 154 valence electrons. The predicted octanol–water partition coefficient (Wildman–Crippen LogP) is -2.88. The van der Waals surface area contributed by atoms with Crippen molar-refractivity contribution in [2.24, 2.45) is 5.73 Å². The molecular formula is C13H22N4O7S3. The third-order valence-corrected chi connectivity index (χ3v) is 4.28. The monoisotopic (exact) mass is 442 g/mol. The minimum Gasteiger partial charge on any atom is -0.481 e. The van der Waals surface area contributed by atoms with Gasteiger partial charge in [0.15, 0.2) is 0 Å². The quantitative estimate of drug-likeness (QED) is 0.144. The number of aliphatic carboxylic acids is 2. The van der Waals surface area contributed by atoms with Gasteiger partial charge in [0.2, 0.25) is 17.7 Å². The van der Waals surface area contributed by atoms with Gasteiger partial charge in [-0.1, -0.05) is 0 Å². The molecule has 0 aromatic carbocycles. The van der Waals surface area contributed by atoms with E-state index in [0.29, 0.717) is 0 Å². The number of carboxylic acid groups (broad SMARTS) is 2. The molecule has 0 aliphatic rings. The van der Waals surface area contributed by atoms with Crippen LogP contribution in [-0.2, 0) is 24.0 Å². The van der Waals surface area contributed by atoms with E-state index in [0.717, 1.165) is 0 Å². The van der Waals surface area contributed by atoms with Gasteiger partial charge in [-0.15, -0.1) is 0 Å². The molecule has 0 saturated carbocycles. The highest BCUT2D eigenvalue weighted by Crippen LogP contribution is 1.99. The van der Waals surface area contributed by atoms with E-state index in [1.165, 1.54) is 0 Å². The van der Waals surface area contributed by atoms with Gasteiger partial charge >= 0.3 is 11.9 Å². The molecule has 7 N–H and O–H groups in total. The summed E-state index contributed by atoms with van der Waals surface area (Å²) in [6.45, 7) is 0. The van der Waals surface area contributed by atoms with Crippen LogP contribution in [0.3, 0.4) is 0 Å². The average Bonchev–Trinajstić information content (AvgIpc) is 2.61. The Hall–Kier alpha value is -1.64. The molecule has 0 aromatic heterocycles. The Morgan fingerprint density at radius 2 is 1.15 bits per heavy atom. The summed E-state index contributed by atoms with van der Waals surface area (Å²) in [5.74, 6) is -5.58. The molecule has 11 nitrogen and oxygen atoms in total. The Bertz CT molecular complexity index is 578. The molecule has 3 amide bonds. The first kappa shape index (κ1) is 25.4. The van der Waals surface area contributed by atoms with Crippen LogP contribution in [0, 0.1) is 0 Å². The van der Waals surface area contributed by atoms with Crippen molar-refractivity contribution >= 4 is 67.5 Å². The summed E-state index contributed by atoms with van der Waals surface area (Å²) < 4.78 is 0. The molecule has 0 aromatic rings. The Morgan fingerprint density at radius 1 is 0.741 bits per heavy atom. The zero-order valence-electron chi connectivity index (χ0n) is 14.0. The van der Waals surface area contributed by atoms with E-state index in [9.17, 15) is 24.0 Å². The van der Waals surface area contributed by atoms with Crippen molar-refractivity contribution in [3.05, 3.63) is 0 Å². The van der Waals surface area contributed by atoms with Crippen molar-refractivity contribution in [1.82, 2.24) is 16.0 Å². The zero-order chi connectivity index (χ0) is 21.1. The van der Waals surface area contributed by atoms with E-state index in [2.05, 4.69) is 48.5 Å². The minimum absolute atomic E-state index is 0.0502. The van der Waals surface area contributed by atoms with Crippen LogP contribution in [0.4, 0.5) is 0 Å². The van der Waals surface area contributed by atoms with Gasteiger partial charge in [-0.3, -0.25) is 19.2 Å². The van der Waals surface area contributed by atoms with E-state index in [4.69, 9.17) is 15.9 Å². The van der Waals surface area contributed by atoms with Crippen LogP contribution in [0.25, 0.3) is 0 Å². The third kappa shape index (κ3) is 9.21. The molecular weight excluding hydrogens is 420 g/mol. The van der Waals surface area contributed by atoms with Crippen LogP contribution >= 0.6 is 37.9 Å². The lowest BCUT2D eigenvalue weighted by molar-refractivity contribution is -0.147. The van der Waals surface area contributed by atoms with Crippen molar-refractivity contribution in [2.45, 2.75) is 30.6 Å². The van der Waals surface area contributed by atoms with Gasteiger partial charge in [-0.05, 0) is 0 Å². The Morgan fingerprint density at radius 3 is 1.48 bits per heavy atom. The number of amides is 3. The lowest BCUT2D eigenvalue weighted by Crippen LogP contribution is -2.58. The number of hydrogen-bond acceptors (Lipinski definition) is 9. The standard InChI is InChI=1S/C13H22N4O7S3/c14-5(2-25)10(20)16-7(3-26)12(22)17-8(4-27)11(21)15-6(13(23)24)1-9(18)19/h5-8,25-27H,1-4,14H2,(H,15,21)(H,16,20)(H,17,22)(H,18,19)(H,23,24). The first-order chi connectivity index (χ1) is 12.6. The van der Waals surface area contributed by atoms with Gasteiger partial charge in [0.25, 0.3) is 0 Å². The summed E-state index contributed by atoms with van der Waals surface area (Å²) in [7, 11) is 0. The number of rotatable bonds is 12. The maximum atomic E-state index is 12.2. The maximum Gasteiger partial charge on any atom is 0.326 e. The number of hydrogen-bond donors (Lipinski definition) is 9. The first-order valence-electron chi connectivity index (χ1n) is 7.51. The highest BCUT2D eigenvalue weighted by molar-refractivity contribution is 7.80. The number of thiol groups is 3. The second kappa shape index (κ2) is 12.7. The fourth-order valence-corrected chi connectivity index (χ4v) is 2.35. The lowest BCUT2D eigenvalue weighted by atomic mass is 10.2. The molecule has 14 heteroatoms. The average molecular weight is 443 g/mol. The van der Waals surface area contributed by atoms with Crippen LogP contribution < -0.4 is 21.7 Å². The van der Waals surface area contributed by atoms with E-state index in [1.54, 1.807) is 0 Å². The highest BCUT2D eigenvalue weighted by atomic mass is 32.1. The van der Waals surface area contributed by atoms with E-state index >= 15 is 0 Å². The van der Waals surface area contributed by atoms with Gasteiger partial charge in [0.1, 0.15) is 18.1 Å². The minimum atomic E-state index is -1.68. The van der Waals surface area contributed by atoms with Crippen LogP contribution in [0.1, 0.15) is 6.42 Å². The molecule has 4 atom stereocenters. The topological polar surface area (TPSA) is 188 Å². The molecule has 0 aliphatic carbocycles. The van der Waals surface area contributed by atoms with Gasteiger partial charge in [0, 0.05) is 17.3 Å². The maximum absolute atomic E-state index is 12.2. The molecule has 0 rings (SSSR count). The first-order valence-corrected chi connectivity index (χ1v) is 9.40. The van der Waals surface area contributed by atoms with E-state index < -0.39 is 60.2 Å². The van der Waals surface area contributed by atoms with Crippen molar-refractivity contribution in [1.29, 1.82) is 0 Å². The molecule has 0 aliphatic heterocycles. The van der Waals surface area contributed by atoms with Crippen LogP contribution in [0.5, 0.6) is 0 Å². The molecule has 0 saturated heterocycles. The summed E-state index contributed by atoms with van der Waals surface area (Å²) in [6, 6.07) is -5.01. The smallest absolute Gasteiger partial charge is 0.326 e. The van der Waals surface area contributed by atoms with Gasteiger partial charge in [-0.2, -0.15) is 37.9 Å². The second-order valence-corrected chi connectivity index (χ2v) is 6.37. The van der Waals surface area contributed by atoms with Gasteiger partial charge in [-0.25, -0.2) is 4.79 Å². The van der Waals surface area contributed by atoms with Crippen LogP contribution in [0.2, 0.25) is 0 Å². The van der Waals surface area contributed by atoms with Crippen molar-refractivity contribution in [2.75, 3.05) is 17.3 Å². The molecule has 27 heavy (non-hydrogen) atoms. The largest absolute Gasteiger partial charge is 0.481 e. The Kier molecular flexibility index (Phi) is 11.9. The third-order valence-electron chi connectivity index (χ3n) is 3.16. The molecule has 0 bridgehead atoms. The highest BCUT2D eigenvalue weighted by Gasteiger charge is 2.29. The molecule has 0 fully saturated rings. The van der Waals surface area contributed by atoms with Gasteiger partial charge in [0.05, 0.1) is 12.5 Å². The fraction of sp³-hybridized carbons (Fsp3) is 0.615. The normalized spacial score (nSPS) is 15.0. The summed E-state index contributed by atoms with van der Waals surface area (Å²) in [5.41, 5.74) is 5.49. The number of nitrogens with one attached hydrogen (secondary N) is 3. The SMILES string of the molecule is NC(CS)C(=O)NC(CS)C(=O)NC(CS)C(=O)NC(CC(=O)O)C(=O)O. The number of carbonyl (C=O) groups is 5. The fourth-order valence-electron chi connectivity index (χ4n) is 1.67. The van der Waals surface area contributed by atoms with Crippen molar-refractivity contribution in [3.63, 3.8) is 0 Å². The number of carbonyl (C=O) groups excluding carboxylic acids is 3. The Balaban J connectivity index is 4.98. The summed E-state index contributed by atoms with van der Waals surface area (Å²) in [5, 5.41) is 24.3. The number of nitrogens with two attached hydrogens (primary N) is 1. The predicted molar refractivity (Wildman–Crippen MR) is 105 cm³/mol. The lowest BCUT2D eigenvalue weighted by Gasteiger charge is -2.23. The second-order valence-electron chi connectivity index (χ2n) is 5.27. The number of carboxylic acids is 2. The molecule has 4 unspecified atom stereocenters. The summed E-state index contributed by atoms with van der Waals surface area (Å²) in [6.07, 6.45) is -0.842. The summed E-state index contributed by atoms with van der Waals surface area (Å²) >= 11 is 11.7. The molecule has 0 spiro atoms. The van der Waals surface area contributed by atoms with E-state index in [-0.39, 0.29) is 17.3 Å². The van der Waals surface area contributed by atoms with E-state index in [1.807, 2.05) is 5.32 Å². The summed E-state index contributed by atoms with van der Waals surface area (Å²) in [4.78, 5) is 57.8. The molecule has 0 heterocycles. The molecule has 0 radical (unpaired) electrons. The van der Waals surface area contributed by atoms with Gasteiger partial charge < -0.3 is 31.9 Å². The van der Waals surface area contributed by atoms with Crippen molar-refractivity contribution in [3.8, 4) is 0 Å².